The average Bonchev–Trinajstić information content (AvgIpc) is 2.80. The fourth-order valence-electron chi connectivity index (χ4n) is 4.59. The summed E-state index contributed by atoms with van der Waals surface area (Å²) in [5.74, 6) is 0.298. The lowest BCUT2D eigenvalue weighted by Crippen LogP contribution is -2.42. The first-order chi connectivity index (χ1) is 16.4. The van der Waals surface area contributed by atoms with Gasteiger partial charge in [0, 0.05) is 0 Å². The van der Waals surface area contributed by atoms with Crippen LogP contribution in [0.2, 0.25) is 0 Å². The van der Waals surface area contributed by atoms with Crippen LogP contribution in [-0.2, 0) is 11.3 Å². The van der Waals surface area contributed by atoms with E-state index in [9.17, 15) is 5.11 Å². The zero-order valence-corrected chi connectivity index (χ0v) is 21.5. The summed E-state index contributed by atoms with van der Waals surface area (Å²) in [6.45, 7) is 3.37. The van der Waals surface area contributed by atoms with Gasteiger partial charge in [0.05, 0.1) is 37.1 Å². The summed E-state index contributed by atoms with van der Waals surface area (Å²) in [4.78, 5) is 0. The smallest absolute Gasteiger partial charge is 0.183 e. The molecule has 1 N–H and O–H groups in total. The number of hydrogen-bond acceptors (Lipinski definition) is 4. The molecule has 0 aliphatic heterocycles. The minimum absolute atomic E-state index is 0.298. The van der Waals surface area contributed by atoms with Crippen molar-refractivity contribution >= 4 is 11.4 Å². The van der Waals surface area contributed by atoms with Gasteiger partial charge in [-0.25, -0.2) is 0 Å². The Morgan fingerprint density at radius 3 is 1.94 bits per heavy atom. The number of quaternary nitrogens is 1. The van der Waals surface area contributed by atoms with Gasteiger partial charge in [-0.2, -0.15) is 10.2 Å². The van der Waals surface area contributed by atoms with E-state index in [4.69, 9.17) is 4.74 Å². The van der Waals surface area contributed by atoms with E-state index in [1.807, 2.05) is 30.3 Å². The summed E-state index contributed by atoms with van der Waals surface area (Å²) in [5, 5.41) is 19.2. The van der Waals surface area contributed by atoms with Crippen LogP contribution in [0.15, 0.2) is 52.7 Å². The summed E-state index contributed by atoms with van der Waals surface area (Å²) in [6.07, 6.45) is 14.8. The second-order valence-electron chi connectivity index (χ2n) is 10.6. The number of ether oxygens (including phenoxy) is 1. The van der Waals surface area contributed by atoms with Crippen molar-refractivity contribution in [1.82, 2.24) is 0 Å². The molecule has 0 amide bonds. The van der Waals surface area contributed by atoms with Crippen molar-refractivity contribution in [3.05, 3.63) is 53.6 Å². The minimum Gasteiger partial charge on any atom is -0.507 e. The van der Waals surface area contributed by atoms with E-state index < -0.39 is 0 Å². The second-order valence-corrected chi connectivity index (χ2v) is 10.6. The molecule has 0 radical (unpaired) electrons. The number of azo groups is 1. The highest BCUT2D eigenvalue weighted by Crippen LogP contribution is 2.28. The van der Waals surface area contributed by atoms with Crippen molar-refractivity contribution in [3.63, 3.8) is 0 Å². The summed E-state index contributed by atoms with van der Waals surface area (Å²) < 4.78 is 7.11. The van der Waals surface area contributed by atoms with Crippen LogP contribution < -0.4 is 0 Å². The molecule has 0 aromatic heterocycles. The first-order valence-electron chi connectivity index (χ1n) is 13.2. The molecule has 5 nitrogen and oxygen atoms in total. The summed E-state index contributed by atoms with van der Waals surface area (Å²) in [5.41, 5.74) is 3.63. The molecule has 1 aliphatic carbocycles. The van der Waals surface area contributed by atoms with E-state index in [-0.39, 0.29) is 0 Å². The third-order valence-electron chi connectivity index (χ3n) is 6.69. The molecular formula is C29H44N3O2+. The van der Waals surface area contributed by atoms with Gasteiger partial charge in [-0.05, 0) is 50.1 Å². The molecule has 1 aliphatic rings. The van der Waals surface area contributed by atoms with Crippen LogP contribution in [0.4, 0.5) is 11.4 Å². The van der Waals surface area contributed by atoms with Gasteiger partial charge in [-0.15, -0.1) is 0 Å². The van der Waals surface area contributed by atoms with Crippen LogP contribution >= 0.6 is 0 Å². The van der Waals surface area contributed by atoms with Gasteiger partial charge < -0.3 is 14.3 Å². The van der Waals surface area contributed by atoms with Crippen molar-refractivity contribution in [2.24, 2.45) is 10.2 Å². The van der Waals surface area contributed by atoms with E-state index in [0.29, 0.717) is 29.6 Å². The summed E-state index contributed by atoms with van der Waals surface area (Å²) in [7, 11) is 4.32. The van der Waals surface area contributed by atoms with Gasteiger partial charge in [-0.1, -0.05) is 75.5 Å². The zero-order chi connectivity index (χ0) is 24.2. The molecular weight excluding hydrogens is 422 g/mol. The maximum absolute atomic E-state index is 10.5. The van der Waals surface area contributed by atoms with Crippen molar-refractivity contribution in [2.75, 3.05) is 20.8 Å². The van der Waals surface area contributed by atoms with E-state index in [0.717, 1.165) is 16.9 Å². The number of nitrogens with zero attached hydrogens (tertiary/aromatic N) is 3. The Bertz CT molecular complexity index is 881. The highest BCUT2D eigenvalue weighted by atomic mass is 16.5. The van der Waals surface area contributed by atoms with Crippen LogP contribution in [0.1, 0.15) is 81.8 Å². The third kappa shape index (κ3) is 9.55. The van der Waals surface area contributed by atoms with Gasteiger partial charge in [-0.3, -0.25) is 0 Å². The van der Waals surface area contributed by atoms with Crippen molar-refractivity contribution in [3.8, 4) is 5.75 Å². The predicted molar refractivity (Wildman–Crippen MR) is 140 cm³/mol. The Balaban J connectivity index is 1.57. The Labute approximate surface area is 206 Å². The standard InChI is InChI=1S/C29H43N3O2/c1-24-15-17-26(18-16-24)30-31-27-19-20-29(33)25(21-27)22-32(2,3)23-34-28-13-11-9-7-5-4-6-8-10-12-14-28/h15-21,28H,4-14,22-23H2,1-3H3/p+1. The fraction of sp³-hybridized carbons (Fsp3) is 0.586. The summed E-state index contributed by atoms with van der Waals surface area (Å²) >= 11 is 0. The van der Waals surface area contributed by atoms with Crippen LogP contribution in [-0.4, -0.2) is 36.5 Å². The average molecular weight is 467 g/mol. The lowest BCUT2D eigenvalue weighted by molar-refractivity contribution is -0.923. The molecule has 186 valence electrons. The normalized spacial score (nSPS) is 17.4. The number of hydrogen-bond donors (Lipinski definition) is 1. The Hall–Kier alpha value is -2.24. The van der Waals surface area contributed by atoms with Gasteiger partial charge >= 0.3 is 0 Å². The maximum Gasteiger partial charge on any atom is 0.183 e. The Kier molecular flexibility index (Phi) is 10.5. The number of aromatic hydroxyl groups is 1. The van der Waals surface area contributed by atoms with Crippen molar-refractivity contribution in [1.29, 1.82) is 0 Å². The van der Waals surface area contributed by atoms with Crippen LogP contribution in [0.25, 0.3) is 0 Å². The van der Waals surface area contributed by atoms with Gasteiger partial charge in [0.25, 0.3) is 0 Å². The summed E-state index contributed by atoms with van der Waals surface area (Å²) in [6, 6.07) is 13.4. The molecule has 34 heavy (non-hydrogen) atoms. The van der Waals surface area contributed by atoms with E-state index in [2.05, 4.69) is 31.2 Å². The topological polar surface area (TPSA) is 54.2 Å². The minimum atomic E-state index is 0.298. The Morgan fingerprint density at radius 1 is 0.794 bits per heavy atom. The molecule has 0 spiro atoms. The lowest BCUT2D eigenvalue weighted by Gasteiger charge is -2.32. The zero-order valence-electron chi connectivity index (χ0n) is 21.5. The second kappa shape index (κ2) is 13.6. The highest BCUT2D eigenvalue weighted by Gasteiger charge is 2.21. The molecule has 1 fully saturated rings. The number of phenols is 1. The number of phenolic OH excluding ortho intramolecular Hbond substituents is 1. The van der Waals surface area contributed by atoms with E-state index in [1.54, 1.807) is 12.1 Å². The molecule has 0 atom stereocenters. The lowest BCUT2D eigenvalue weighted by atomic mass is 9.99. The van der Waals surface area contributed by atoms with Crippen molar-refractivity contribution in [2.45, 2.75) is 90.2 Å². The molecule has 3 rings (SSSR count). The highest BCUT2D eigenvalue weighted by molar-refractivity contribution is 5.47. The van der Waals surface area contributed by atoms with Gasteiger partial charge in [0.2, 0.25) is 0 Å². The molecule has 1 saturated carbocycles. The first kappa shape index (κ1) is 26.4. The van der Waals surface area contributed by atoms with Crippen LogP contribution in [0.3, 0.4) is 0 Å². The molecule has 2 aromatic rings. The number of aryl methyl sites for hydroxylation is 1. The van der Waals surface area contributed by atoms with Crippen LogP contribution in [0, 0.1) is 6.92 Å². The number of benzene rings is 2. The predicted octanol–water partition coefficient (Wildman–Crippen LogP) is 8.34. The maximum atomic E-state index is 10.5. The molecule has 5 heteroatoms. The first-order valence-corrected chi connectivity index (χ1v) is 13.2. The van der Waals surface area contributed by atoms with E-state index >= 15 is 0 Å². The monoisotopic (exact) mass is 466 g/mol. The van der Waals surface area contributed by atoms with Gasteiger partial charge in [0.1, 0.15) is 12.3 Å². The molecule has 0 heterocycles. The van der Waals surface area contributed by atoms with Crippen LogP contribution in [0.5, 0.6) is 5.75 Å². The van der Waals surface area contributed by atoms with E-state index in [1.165, 1.54) is 76.2 Å². The molecule has 0 bridgehead atoms. The quantitative estimate of drug-likeness (QED) is 0.253. The fourth-order valence-corrected chi connectivity index (χ4v) is 4.59. The molecule has 2 aromatic carbocycles. The SMILES string of the molecule is Cc1ccc(N=Nc2ccc(O)c(C[N+](C)(C)COC3CCCCCCCCCCC3)c2)cc1. The Morgan fingerprint density at radius 2 is 1.32 bits per heavy atom. The number of rotatable bonds is 7. The third-order valence-corrected chi connectivity index (χ3v) is 6.69. The van der Waals surface area contributed by atoms with Crippen molar-refractivity contribution < 1.29 is 14.3 Å². The largest absolute Gasteiger partial charge is 0.507 e. The molecule has 0 saturated heterocycles. The molecule has 0 unspecified atom stereocenters. The van der Waals surface area contributed by atoms with Gasteiger partial charge in [0.15, 0.2) is 6.73 Å².